The van der Waals surface area contributed by atoms with E-state index in [1.165, 1.54) is 19.3 Å². The highest BCUT2D eigenvalue weighted by molar-refractivity contribution is 5.77. The average molecular weight is 268 g/mol. The summed E-state index contributed by atoms with van der Waals surface area (Å²) in [6, 6.07) is 0. The van der Waals surface area contributed by atoms with Gasteiger partial charge in [-0.15, -0.1) is 0 Å². The van der Waals surface area contributed by atoms with Crippen molar-refractivity contribution in [3.05, 3.63) is 12.2 Å². The topological polar surface area (TPSA) is 34.1 Å². The first-order chi connectivity index (χ1) is 9.21. The fraction of sp³-hybridized carbons (Fsp3) is 0.800. The fourth-order valence-corrected chi connectivity index (χ4v) is 2.33. The normalized spacial score (nSPS) is 19.9. The highest BCUT2D eigenvalue weighted by atomic mass is 16.7. The van der Waals surface area contributed by atoms with Crippen LogP contribution in [0.4, 0.5) is 0 Å². The van der Waals surface area contributed by atoms with Crippen LogP contribution in [0.15, 0.2) is 17.1 Å². The largest absolute Gasteiger partial charge is 0.343 e. The number of hydrogen-bond acceptors (Lipinski definition) is 4. The van der Waals surface area contributed by atoms with Gasteiger partial charge >= 0.3 is 0 Å². The molecular weight excluding hydrogens is 240 g/mol. The minimum absolute atomic E-state index is 0.260. The molecule has 1 atom stereocenters. The summed E-state index contributed by atoms with van der Waals surface area (Å²) in [6.07, 6.45) is 5.26. The van der Waals surface area contributed by atoms with E-state index in [9.17, 15) is 0 Å². The summed E-state index contributed by atoms with van der Waals surface area (Å²) in [4.78, 5) is 6.41. The maximum atomic E-state index is 5.77. The number of likely N-dealkylation sites (tertiary alicyclic amines) is 1. The van der Waals surface area contributed by atoms with Crippen molar-refractivity contribution >= 4 is 6.21 Å². The zero-order chi connectivity index (χ0) is 14.1. The molecular formula is C15H28N2O2. The summed E-state index contributed by atoms with van der Waals surface area (Å²) in [5.41, 5.74) is 0.882. The highest BCUT2D eigenvalue weighted by Gasteiger charge is 2.24. The molecule has 1 rings (SSSR count). The highest BCUT2D eigenvalue weighted by Crippen LogP contribution is 2.22. The lowest BCUT2D eigenvalue weighted by atomic mass is 9.95. The van der Waals surface area contributed by atoms with Crippen molar-refractivity contribution in [1.29, 1.82) is 0 Å². The van der Waals surface area contributed by atoms with E-state index in [0.717, 1.165) is 31.1 Å². The third kappa shape index (κ3) is 5.85. The molecule has 0 radical (unpaired) electrons. The lowest BCUT2D eigenvalue weighted by Crippen LogP contribution is -2.44. The average Bonchev–Trinajstić information content (AvgIpc) is 2.46. The Hall–Kier alpha value is -0.710. The van der Waals surface area contributed by atoms with Gasteiger partial charge in [0.25, 0.3) is 0 Å². The number of nitrogens with zero attached hydrogens (tertiary/aromatic N) is 2. The van der Waals surface area contributed by atoms with E-state index in [4.69, 9.17) is 9.47 Å². The van der Waals surface area contributed by atoms with E-state index in [2.05, 4.69) is 23.4 Å². The predicted octanol–water partition coefficient (Wildman–Crippen LogP) is 2.70. The molecule has 0 N–H and O–H groups in total. The second-order valence-corrected chi connectivity index (χ2v) is 5.03. The SMILES string of the molecule is C=C(C=NCC)COC(OC)N1CCC(CC)CC1. The Morgan fingerprint density at radius 3 is 2.63 bits per heavy atom. The summed E-state index contributed by atoms with van der Waals surface area (Å²) in [6.45, 7) is 11.5. The van der Waals surface area contributed by atoms with Gasteiger partial charge in [0, 0.05) is 33.0 Å². The van der Waals surface area contributed by atoms with Crippen molar-refractivity contribution in [2.45, 2.75) is 39.5 Å². The molecule has 0 aromatic carbocycles. The van der Waals surface area contributed by atoms with Crippen LogP contribution in [0.1, 0.15) is 33.1 Å². The van der Waals surface area contributed by atoms with E-state index in [-0.39, 0.29) is 6.41 Å². The zero-order valence-corrected chi connectivity index (χ0v) is 12.6. The van der Waals surface area contributed by atoms with Crippen molar-refractivity contribution in [2.75, 3.05) is 33.4 Å². The number of hydrogen-bond donors (Lipinski definition) is 0. The molecule has 1 aliphatic rings. The smallest absolute Gasteiger partial charge is 0.218 e. The quantitative estimate of drug-likeness (QED) is 0.501. The van der Waals surface area contributed by atoms with Gasteiger partial charge in [0.1, 0.15) is 0 Å². The van der Waals surface area contributed by atoms with Crippen molar-refractivity contribution in [2.24, 2.45) is 10.9 Å². The first-order valence-corrected chi connectivity index (χ1v) is 7.27. The van der Waals surface area contributed by atoms with E-state index in [0.29, 0.717) is 6.61 Å². The van der Waals surface area contributed by atoms with E-state index >= 15 is 0 Å². The van der Waals surface area contributed by atoms with Crippen LogP contribution >= 0.6 is 0 Å². The Morgan fingerprint density at radius 2 is 2.11 bits per heavy atom. The van der Waals surface area contributed by atoms with Crippen LogP contribution in [0.5, 0.6) is 0 Å². The van der Waals surface area contributed by atoms with Crippen LogP contribution in [0.25, 0.3) is 0 Å². The van der Waals surface area contributed by atoms with Gasteiger partial charge in [-0.25, -0.2) is 0 Å². The van der Waals surface area contributed by atoms with Crippen LogP contribution in [-0.2, 0) is 9.47 Å². The van der Waals surface area contributed by atoms with Crippen molar-refractivity contribution in [1.82, 2.24) is 4.90 Å². The number of aliphatic imine (C=N–C) groups is 1. The van der Waals surface area contributed by atoms with Crippen LogP contribution < -0.4 is 0 Å². The summed E-state index contributed by atoms with van der Waals surface area (Å²) in [7, 11) is 1.69. The molecule has 0 aliphatic carbocycles. The Labute approximate surface area is 117 Å². The van der Waals surface area contributed by atoms with E-state index in [1.54, 1.807) is 13.3 Å². The molecule has 110 valence electrons. The van der Waals surface area contributed by atoms with Gasteiger partial charge in [0.05, 0.1) is 6.61 Å². The van der Waals surface area contributed by atoms with E-state index in [1.807, 2.05) is 6.92 Å². The molecule has 0 bridgehead atoms. The van der Waals surface area contributed by atoms with Gasteiger partial charge in [-0.3, -0.25) is 9.89 Å². The molecule has 0 amide bonds. The van der Waals surface area contributed by atoms with Gasteiger partial charge < -0.3 is 9.47 Å². The van der Waals surface area contributed by atoms with Gasteiger partial charge in [-0.2, -0.15) is 0 Å². The third-order valence-corrected chi connectivity index (χ3v) is 3.59. The Balaban J connectivity index is 2.33. The van der Waals surface area contributed by atoms with Crippen molar-refractivity contribution in [3.8, 4) is 0 Å². The molecule has 1 saturated heterocycles. The van der Waals surface area contributed by atoms with Gasteiger partial charge in [-0.05, 0) is 31.3 Å². The number of ether oxygens (including phenoxy) is 2. The molecule has 19 heavy (non-hydrogen) atoms. The summed E-state index contributed by atoms with van der Waals surface area (Å²) >= 11 is 0. The minimum Gasteiger partial charge on any atom is -0.343 e. The fourth-order valence-electron chi connectivity index (χ4n) is 2.33. The van der Waals surface area contributed by atoms with Crippen molar-refractivity contribution < 1.29 is 9.47 Å². The Bertz CT molecular complexity index is 284. The monoisotopic (exact) mass is 268 g/mol. The second kappa shape index (κ2) is 9.23. The molecule has 1 fully saturated rings. The first kappa shape index (κ1) is 16.3. The maximum Gasteiger partial charge on any atom is 0.218 e. The lowest BCUT2D eigenvalue weighted by molar-refractivity contribution is -0.211. The maximum absolute atomic E-state index is 5.77. The lowest BCUT2D eigenvalue weighted by Gasteiger charge is -2.35. The molecule has 0 aromatic heterocycles. The minimum atomic E-state index is -0.260. The van der Waals surface area contributed by atoms with Gasteiger partial charge in [0.2, 0.25) is 6.41 Å². The summed E-state index contributed by atoms with van der Waals surface area (Å²) < 4.78 is 11.2. The second-order valence-electron chi connectivity index (χ2n) is 5.03. The van der Waals surface area contributed by atoms with Gasteiger partial charge in [0.15, 0.2) is 0 Å². The molecule has 0 saturated carbocycles. The molecule has 0 aromatic rings. The molecule has 4 nitrogen and oxygen atoms in total. The van der Waals surface area contributed by atoms with E-state index < -0.39 is 0 Å². The first-order valence-electron chi connectivity index (χ1n) is 7.27. The van der Waals surface area contributed by atoms with Crippen LogP contribution in [0.3, 0.4) is 0 Å². The predicted molar refractivity (Wildman–Crippen MR) is 79.5 cm³/mol. The molecule has 1 aliphatic heterocycles. The number of methoxy groups -OCH3 is 1. The van der Waals surface area contributed by atoms with Crippen LogP contribution in [0, 0.1) is 5.92 Å². The van der Waals surface area contributed by atoms with Crippen LogP contribution in [0.2, 0.25) is 0 Å². The molecule has 0 spiro atoms. The zero-order valence-electron chi connectivity index (χ0n) is 12.6. The summed E-state index contributed by atoms with van der Waals surface area (Å²) in [5, 5.41) is 0. The molecule has 1 heterocycles. The molecule has 1 unspecified atom stereocenters. The Morgan fingerprint density at radius 1 is 1.42 bits per heavy atom. The summed E-state index contributed by atoms with van der Waals surface area (Å²) in [5.74, 6) is 0.861. The number of piperidine rings is 1. The standard InChI is InChI=1S/C15H28N2O2/c1-5-14-7-9-17(10-8-14)15(18-4)19-12-13(3)11-16-6-2/h11,14-15H,3,5-10,12H2,1-2,4H3. The molecule has 4 heteroatoms. The van der Waals surface area contributed by atoms with Gasteiger partial charge in [-0.1, -0.05) is 19.9 Å². The van der Waals surface area contributed by atoms with Crippen LogP contribution in [-0.4, -0.2) is 50.9 Å². The third-order valence-electron chi connectivity index (χ3n) is 3.59. The van der Waals surface area contributed by atoms with Crippen molar-refractivity contribution in [3.63, 3.8) is 0 Å². The number of rotatable bonds is 8. The Kier molecular flexibility index (Phi) is 7.94.